The fourth-order valence-electron chi connectivity index (χ4n) is 0.958. The van der Waals surface area contributed by atoms with Crippen molar-refractivity contribution in [3.05, 3.63) is 12.2 Å². The van der Waals surface area contributed by atoms with E-state index in [1.54, 1.807) is 0 Å². The quantitative estimate of drug-likeness (QED) is 0.450. The third kappa shape index (κ3) is 4.52. The fourth-order valence-corrected chi connectivity index (χ4v) is 0.958. The van der Waals surface area contributed by atoms with Gasteiger partial charge in [-0.2, -0.15) is 0 Å². The molecule has 0 saturated carbocycles. The Morgan fingerprint density at radius 3 is 2.92 bits per heavy atom. The number of hydrogen-bond acceptors (Lipinski definition) is 2. The minimum absolute atomic E-state index is 0.331. The number of hydrogen-bond donors (Lipinski definition) is 0. The van der Waals surface area contributed by atoms with Crippen LogP contribution in [0, 0.1) is 0 Å². The Hall–Kier alpha value is -0.340. The van der Waals surface area contributed by atoms with Gasteiger partial charge in [0.2, 0.25) is 0 Å². The standard InChI is InChI=1S/C10H18O2/c1-3-4-5-6-9(2)11-7-10-8-12-10/h4-5,9-10H,3,6-8H2,1-2H3. The van der Waals surface area contributed by atoms with E-state index in [4.69, 9.17) is 9.47 Å². The van der Waals surface area contributed by atoms with Crippen molar-refractivity contribution in [2.45, 2.75) is 38.9 Å². The normalized spacial score (nSPS) is 24.7. The summed E-state index contributed by atoms with van der Waals surface area (Å²) in [5.41, 5.74) is 0. The van der Waals surface area contributed by atoms with Gasteiger partial charge >= 0.3 is 0 Å². The molecule has 12 heavy (non-hydrogen) atoms. The van der Waals surface area contributed by atoms with Gasteiger partial charge in [-0.1, -0.05) is 19.1 Å². The summed E-state index contributed by atoms with van der Waals surface area (Å²) >= 11 is 0. The summed E-state index contributed by atoms with van der Waals surface area (Å²) in [5, 5.41) is 0. The zero-order valence-electron chi connectivity index (χ0n) is 7.95. The average Bonchev–Trinajstić information content (AvgIpc) is 2.84. The van der Waals surface area contributed by atoms with Crippen LogP contribution in [-0.2, 0) is 9.47 Å². The molecule has 1 saturated heterocycles. The molecule has 2 unspecified atom stereocenters. The molecular formula is C10H18O2. The maximum atomic E-state index is 5.54. The van der Waals surface area contributed by atoms with E-state index in [2.05, 4.69) is 26.0 Å². The second-order valence-corrected chi connectivity index (χ2v) is 3.21. The van der Waals surface area contributed by atoms with E-state index in [9.17, 15) is 0 Å². The Balaban J connectivity index is 1.94. The van der Waals surface area contributed by atoms with Gasteiger partial charge in [-0.15, -0.1) is 0 Å². The minimum atomic E-state index is 0.331. The Bertz CT molecular complexity index is 139. The van der Waals surface area contributed by atoms with Crippen molar-refractivity contribution in [1.29, 1.82) is 0 Å². The summed E-state index contributed by atoms with van der Waals surface area (Å²) in [5.74, 6) is 0. The summed E-state index contributed by atoms with van der Waals surface area (Å²) in [6.45, 7) is 5.89. The number of rotatable bonds is 6. The van der Waals surface area contributed by atoms with Crippen LogP contribution in [0.25, 0.3) is 0 Å². The van der Waals surface area contributed by atoms with E-state index in [1.807, 2.05) is 0 Å². The molecule has 0 N–H and O–H groups in total. The predicted octanol–water partition coefficient (Wildman–Crippen LogP) is 2.15. The molecular weight excluding hydrogens is 152 g/mol. The molecule has 0 amide bonds. The van der Waals surface area contributed by atoms with Crippen LogP contribution in [0.4, 0.5) is 0 Å². The van der Waals surface area contributed by atoms with Crippen LogP contribution in [0.3, 0.4) is 0 Å². The van der Waals surface area contributed by atoms with Gasteiger partial charge in [0, 0.05) is 0 Å². The van der Waals surface area contributed by atoms with Gasteiger partial charge in [-0.05, 0) is 19.8 Å². The Morgan fingerprint density at radius 2 is 2.33 bits per heavy atom. The van der Waals surface area contributed by atoms with Gasteiger partial charge in [0.25, 0.3) is 0 Å². The third-order valence-electron chi connectivity index (χ3n) is 1.84. The van der Waals surface area contributed by atoms with Crippen molar-refractivity contribution >= 4 is 0 Å². The molecule has 0 aromatic carbocycles. The number of allylic oxidation sites excluding steroid dienone is 1. The smallest absolute Gasteiger partial charge is 0.104 e. The van der Waals surface area contributed by atoms with E-state index in [1.165, 1.54) is 0 Å². The summed E-state index contributed by atoms with van der Waals surface area (Å²) in [4.78, 5) is 0. The average molecular weight is 170 g/mol. The molecule has 1 aliphatic rings. The summed E-state index contributed by atoms with van der Waals surface area (Å²) in [7, 11) is 0. The first kappa shape index (κ1) is 9.75. The van der Waals surface area contributed by atoms with Crippen molar-refractivity contribution in [2.24, 2.45) is 0 Å². The van der Waals surface area contributed by atoms with Gasteiger partial charge in [0.15, 0.2) is 0 Å². The van der Waals surface area contributed by atoms with Crippen molar-refractivity contribution in [1.82, 2.24) is 0 Å². The van der Waals surface area contributed by atoms with E-state index in [-0.39, 0.29) is 0 Å². The van der Waals surface area contributed by atoms with Crippen molar-refractivity contribution in [2.75, 3.05) is 13.2 Å². The highest BCUT2D eigenvalue weighted by Gasteiger charge is 2.22. The molecule has 1 fully saturated rings. The summed E-state index contributed by atoms with van der Waals surface area (Å²) in [6, 6.07) is 0. The highest BCUT2D eigenvalue weighted by Crippen LogP contribution is 2.10. The second-order valence-electron chi connectivity index (χ2n) is 3.21. The molecule has 1 heterocycles. The Morgan fingerprint density at radius 1 is 1.58 bits per heavy atom. The van der Waals surface area contributed by atoms with Crippen molar-refractivity contribution in [3.63, 3.8) is 0 Å². The lowest BCUT2D eigenvalue weighted by Crippen LogP contribution is -2.11. The second kappa shape index (κ2) is 5.33. The van der Waals surface area contributed by atoms with Crippen LogP contribution < -0.4 is 0 Å². The molecule has 2 nitrogen and oxygen atoms in total. The van der Waals surface area contributed by atoms with Gasteiger partial charge < -0.3 is 9.47 Å². The third-order valence-corrected chi connectivity index (χ3v) is 1.84. The molecule has 1 aliphatic heterocycles. The van der Waals surface area contributed by atoms with Crippen LogP contribution in [0.1, 0.15) is 26.7 Å². The van der Waals surface area contributed by atoms with E-state index >= 15 is 0 Å². The van der Waals surface area contributed by atoms with E-state index in [0.717, 1.165) is 26.1 Å². The van der Waals surface area contributed by atoms with Crippen LogP contribution in [0.5, 0.6) is 0 Å². The van der Waals surface area contributed by atoms with Gasteiger partial charge in [0.1, 0.15) is 6.10 Å². The molecule has 0 spiro atoms. The van der Waals surface area contributed by atoms with E-state index < -0.39 is 0 Å². The summed E-state index contributed by atoms with van der Waals surface area (Å²) in [6.07, 6.45) is 7.20. The lowest BCUT2D eigenvalue weighted by molar-refractivity contribution is 0.0564. The molecule has 0 aliphatic carbocycles. The number of ether oxygens (including phenoxy) is 2. The Labute approximate surface area is 74.6 Å². The maximum absolute atomic E-state index is 5.54. The van der Waals surface area contributed by atoms with Gasteiger partial charge in [-0.25, -0.2) is 0 Å². The zero-order valence-corrected chi connectivity index (χ0v) is 7.95. The Kier molecular flexibility index (Phi) is 4.33. The molecule has 2 heteroatoms. The first-order valence-corrected chi connectivity index (χ1v) is 4.71. The van der Waals surface area contributed by atoms with Crippen LogP contribution >= 0.6 is 0 Å². The monoisotopic (exact) mass is 170 g/mol. The SMILES string of the molecule is CCC=CCC(C)OCC1CO1. The fraction of sp³-hybridized carbons (Fsp3) is 0.800. The minimum Gasteiger partial charge on any atom is -0.375 e. The number of epoxide rings is 1. The van der Waals surface area contributed by atoms with Crippen LogP contribution in [0.2, 0.25) is 0 Å². The van der Waals surface area contributed by atoms with Gasteiger partial charge in [-0.3, -0.25) is 0 Å². The van der Waals surface area contributed by atoms with Crippen LogP contribution in [0.15, 0.2) is 12.2 Å². The highest BCUT2D eigenvalue weighted by atomic mass is 16.6. The lowest BCUT2D eigenvalue weighted by Gasteiger charge is -2.08. The molecule has 0 bridgehead atoms. The maximum Gasteiger partial charge on any atom is 0.104 e. The van der Waals surface area contributed by atoms with Crippen molar-refractivity contribution in [3.8, 4) is 0 Å². The molecule has 0 aromatic rings. The van der Waals surface area contributed by atoms with E-state index in [0.29, 0.717) is 12.2 Å². The zero-order chi connectivity index (χ0) is 8.81. The van der Waals surface area contributed by atoms with Crippen molar-refractivity contribution < 1.29 is 9.47 Å². The molecule has 70 valence electrons. The summed E-state index contributed by atoms with van der Waals surface area (Å²) < 4.78 is 10.6. The molecule has 2 atom stereocenters. The molecule has 0 aromatic heterocycles. The highest BCUT2D eigenvalue weighted by molar-refractivity contribution is 4.82. The lowest BCUT2D eigenvalue weighted by atomic mass is 10.2. The van der Waals surface area contributed by atoms with Crippen LogP contribution in [-0.4, -0.2) is 25.4 Å². The molecule has 0 radical (unpaired) electrons. The first-order valence-electron chi connectivity index (χ1n) is 4.71. The predicted molar refractivity (Wildman–Crippen MR) is 49.2 cm³/mol. The van der Waals surface area contributed by atoms with Gasteiger partial charge in [0.05, 0.1) is 19.3 Å². The topological polar surface area (TPSA) is 21.8 Å². The molecule has 1 rings (SSSR count). The first-order chi connectivity index (χ1) is 5.83. The largest absolute Gasteiger partial charge is 0.375 e.